The van der Waals surface area contributed by atoms with Gasteiger partial charge in [-0.15, -0.1) is 0 Å². The first kappa shape index (κ1) is 78.8. The van der Waals surface area contributed by atoms with Crippen molar-refractivity contribution in [3.8, 4) is 0 Å². The lowest BCUT2D eigenvalue weighted by atomic mass is 10.0. The number of carbonyl (C=O) groups is 2. The van der Waals surface area contributed by atoms with Gasteiger partial charge in [0.2, 0.25) is 5.91 Å². The molecular weight excluding hydrogens is 995 g/mol. The Morgan fingerprint density at radius 1 is 0.346 bits per heavy atom. The van der Waals surface area contributed by atoms with Crippen molar-refractivity contribution in [2.45, 2.75) is 405 Å². The van der Waals surface area contributed by atoms with E-state index in [1.807, 2.05) is 6.08 Å². The number of allylic oxidation sites excluding steroid dienone is 7. The van der Waals surface area contributed by atoms with E-state index in [4.69, 9.17) is 4.74 Å². The predicted molar refractivity (Wildman–Crippen MR) is 356 cm³/mol. The Morgan fingerprint density at radius 2 is 0.617 bits per heavy atom. The van der Waals surface area contributed by atoms with Gasteiger partial charge in [-0.2, -0.15) is 0 Å². The molecule has 0 aromatic carbocycles. The molecule has 0 aromatic heterocycles. The van der Waals surface area contributed by atoms with E-state index in [0.29, 0.717) is 19.4 Å². The highest BCUT2D eigenvalue weighted by Gasteiger charge is 2.18. The van der Waals surface area contributed by atoms with E-state index in [9.17, 15) is 19.8 Å². The molecule has 0 saturated heterocycles. The first-order valence-corrected chi connectivity index (χ1v) is 36.4. The van der Waals surface area contributed by atoms with Crippen LogP contribution >= 0.6 is 0 Å². The molecule has 6 heteroatoms. The van der Waals surface area contributed by atoms with Crippen LogP contribution in [-0.2, 0) is 14.3 Å². The lowest BCUT2D eigenvalue weighted by Crippen LogP contribution is -2.45. The van der Waals surface area contributed by atoms with Crippen molar-refractivity contribution in [2.24, 2.45) is 0 Å². The monoisotopic (exact) mass is 1140 g/mol. The third-order valence-electron chi connectivity index (χ3n) is 16.8. The lowest BCUT2D eigenvalue weighted by molar-refractivity contribution is -0.143. The van der Waals surface area contributed by atoms with Crippen LogP contribution < -0.4 is 5.32 Å². The van der Waals surface area contributed by atoms with Gasteiger partial charge in [0.05, 0.1) is 25.4 Å². The zero-order valence-electron chi connectivity index (χ0n) is 54.5. The SMILES string of the molecule is CCCCC/C=C\C/C=C\CCCCCCCCCC(=O)OCCCCCCCCCCCCCC/C=C\CCCCCCCCCCCCCCCCCCCC(=O)NC(CO)C(O)/C=C/CCCCCCCCCCCCCC. The van der Waals surface area contributed by atoms with E-state index in [1.165, 1.54) is 315 Å². The van der Waals surface area contributed by atoms with Crippen molar-refractivity contribution < 1.29 is 24.5 Å². The molecule has 0 fully saturated rings. The average molecular weight is 1140 g/mol. The summed E-state index contributed by atoms with van der Waals surface area (Å²) in [4.78, 5) is 24.6. The highest BCUT2D eigenvalue weighted by molar-refractivity contribution is 5.76. The second kappa shape index (κ2) is 70.3. The molecule has 81 heavy (non-hydrogen) atoms. The second-order valence-electron chi connectivity index (χ2n) is 24.9. The molecule has 0 saturated carbocycles. The van der Waals surface area contributed by atoms with E-state index in [-0.39, 0.29) is 18.5 Å². The molecule has 0 aromatic rings. The average Bonchev–Trinajstić information content (AvgIpc) is 3.47. The number of rotatable bonds is 68. The van der Waals surface area contributed by atoms with Crippen LogP contribution in [-0.4, -0.2) is 47.4 Å². The minimum Gasteiger partial charge on any atom is -0.466 e. The number of hydrogen-bond acceptors (Lipinski definition) is 5. The molecule has 0 aliphatic heterocycles. The Balaban J connectivity index is 3.35. The maximum atomic E-state index is 12.5. The second-order valence-corrected chi connectivity index (χ2v) is 24.9. The molecule has 1 amide bonds. The van der Waals surface area contributed by atoms with Gasteiger partial charge in [0.1, 0.15) is 0 Å². The van der Waals surface area contributed by atoms with Crippen LogP contribution in [0.25, 0.3) is 0 Å². The fourth-order valence-electron chi connectivity index (χ4n) is 11.3. The zero-order chi connectivity index (χ0) is 58.5. The molecule has 3 N–H and O–H groups in total. The van der Waals surface area contributed by atoms with Crippen molar-refractivity contribution >= 4 is 11.9 Å². The Kier molecular flexibility index (Phi) is 68.4. The standard InChI is InChI=1S/C75H141NO5/c1-3-5-7-9-11-13-15-17-19-37-41-45-49-53-57-61-65-69-75(80)81-70-66-62-58-54-50-46-42-39-36-34-32-30-28-26-24-22-20-21-23-25-27-29-31-33-35-38-40-44-48-52-56-60-64-68-74(79)76-72(71-77)73(78)67-63-59-55-51-47-43-18-16-14-12-10-8-6-4-2/h11,13,17,19,24,26,63,67,72-73,77-78H,3-10,12,14-16,18,20-23,25,27-62,64-66,68-71H2,1-2H3,(H,76,79)/b13-11-,19-17-,26-24-,67-63+. The fourth-order valence-corrected chi connectivity index (χ4v) is 11.3. The topological polar surface area (TPSA) is 95.9 Å². The number of ether oxygens (including phenoxy) is 1. The van der Waals surface area contributed by atoms with Crippen molar-refractivity contribution in [1.82, 2.24) is 5.32 Å². The van der Waals surface area contributed by atoms with Crippen LogP contribution in [0, 0.1) is 0 Å². The maximum Gasteiger partial charge on any atom is 0.305 e. The third-order valence-corrected chi connectivity index (χ3v) is 16.8. The van der Waals surface area contributed by atoms with Crippen LogP contribution in [0.4, 0.5) is 0 Å². The predicted octanol–water partition coefficient (Wildman–Crippen LogP) is 23.6. The smallest absolute Gasteiger partial charge is 0.305 e. The molecule has 6 nitrogen and oxygen atoms in total. The normalized spacial score (nSPS) is 12.8. The fraction of sp³-hybridized carbons (Fsp3) is 0.867. The first-order valence-electron chi connectivity index (χ1n) is 36.4. The molecular formula is C75H141NO5. The molecule has 476 valence electrons. The highest BCUT2D eigenvalue weighted by Crippen LogP contribution is 2.18. The van der Waals surface area contributed by atoms with Gasteiger partial charge in [0, 0.05) is 12.8 Å². The summed E-state index contributed by atoms with van der Waals surface area (Å²) in [6.07, 6.45) is 92.1. The van der Waals surface area contributed by atoms with E-state index < -0.39 is 12.1 Å². The molecule has 0 radical (unpaired) electrons. The van der Waals surface area contributed by atoms with Gasteiger partial charge in [-0.1, -0.05) is 339 Å². The van der Waals surface area contributed by atoms with Crippen LogP contribution in [0.2, 0.25) is 0 Å². The molecule has 0 aliphatic rings. The number of esters is 1. The van der Waals surface area contributed by atoms with Gasteiger partial charge in [0.15, 0.2) is 0 Å². The largest absolute Gasteiger partial charge is 0.466 e. The van der Waals surface area contributed by atoms with Crippen LogP contribution in [0.15, 0.2) is 48.6 Å². The summed E-state index contributed by atoms with van der Waals surface area (Å²) in [5.41, 5.74) is 0. The Morgan fingerprint density at radius 3 is 0.975 bits per heavy atom. The summed E-state index contributed by atoms with van der Waals surface area (Å²) >= 11 is 0. The molecule has 0 heterocycles. The minimum absolute atomic E-state index is 0.0108. The molecule has 0 spiro atoms. The molecule has 0 aliphatic carbocycles. The van der Waals surface area contributed by atoms with Crippen molar-refractivity contribution in [3.63, 3.8) is 0 Å². The van der Waals surface area contributed by atoms with Crippen LogP contribution in [0.1, 0.15) is 393 Å². The summed E-state index contributed by atoms with van der Waals surface area (Å²) in [6, 6.07) is -0.625. The van der Waals surface area contributed by atoms with Crippen LogP contribution in [0.5, 0.6) is 0 Å². The third kappa shape index (κ3) is 66.8. The van der Waals surface area contributed by atoms with Gasteiger partial charge in [0.25, 0.3) is 0 Å². The number of nitrogens with one attached hydrogen (secondary N) is 1. The first-order chi connectivity index (χ1) is 40.0. The number of carbonyl (C=O) groups excluding carboxylic acids is 2. The van der Waals surface area contributed by atoms with E-state index in [1.54, 1.807) is 6.08 Å². The van der Waals surface area contributed by atoms with Crippen molar-refractivity contribution in [1.29, 1.82) is 0 Å². The number of amides is 1. The number of hydrogen-bond donors (Lipinski definition) is 3. The van der Waals surface area contributed by atoms with Gasteiger partial charge in [-0.3, -0.25) is 9.59 Å². The van der Waals surface area contributed by atoms with E-state index >= 15 is 0 Å². The molecule has 0 bridgehead atoms. The van der Waals surface area contributed by atoms with Crippen molar-refractivity contribution in [2.75, 3.05) is 13.2 Å². The van der Waals surface area contributed by atoms with Crippen LogP contribution in [0.3, 0.4) is 0 Å². The van der Waals surface area contributed by atoms with Gasteiger partial charge in [-0.05, 0) is 89.9 Å². The van der Waals surface area contributed by atoms with Crippen molar-refractivity contribution in [3.05, 3.63) is 48.6 Å². The van der Waals surface area contributed by atoms with Gasteiger partial charge < -0.3 is 20.3 Å². The molecule has 2 atom stereocenters. The Bertz CT molecular complexity index is 1360. The highest BCUT2D eigenvalue weighted by atomic mass is 16.5. The Labute approximate surface area is 506 Å². The minimum atomic E-state index is -0.842. The van der Waals surface area contributed by atoms with E-state index in [0.717, 1.165) is 51.4 Å². The van der Waals surface area contributed by atoms with E-state index in [2.05, 4.69) is 55.6 Å². The zero-order valence-corrected chi connectivity index (χ0v) is 54.5. The summed E-state index contributed by atoms with van der Waals surface area (Å²) in [5, 5.41) is 23.1. The Hall–Kier alpha value is -2.18. The molecule has 2 unspecified atom stereocenters. The van der Waals surface area contributed by atoms with Gasteiger partial charge in [-0.25, -0.2) is 0 Å². The summed E-state index contributed by atoms with van der Waals surface area (Å²) < 4.78 is 5.50. The summed E-state index contributed by atoms with van der Waals surface area (Å²) in [5.74, 6) is -0.0526. The number of aliphatic hydroxyl groups excluding tert-OH is 2. The van der Waals surface area contributed by atoms with Gasteiger partial charge >= 0.3 is 5.97 Å². The number of unbranched alkanes of at least 4 members (excludes halogenated alkanes) is 51. The quantitative estimate of drug-likeness (QED) is 0.0320. The lowest BCUT2D eigenvalue weighted by Gasteiger charge is -2.20. The maximum absolute atomic E-state index is 12.5. The summed E-state index contributed by atoms with van der Waals surface area (Å²) in [7, 11) is 0. The molecule has 0 rings (SSSR count). The number of aliphatic hydroxyl groups is 2. The summed E-state index contributed by atoms with van der Waals surface area (Å²) in [6.45, 7) is 4.90.